The lowest BCUT2D eigenvalue weighted by Crippen LogP contribution is -2.57. The number of carbonyl (C=O) groups excluding carboxylic acids is 1. The molecule has 218 valence electrons. The zero-order chi connectivity index (χ0) is 29.5. The fraction of sp³-hybridized carbons (Fsp3) is 0.419. The fourth-order valence-electron chi connectivity index (χ4n) is 5.73. The van der Waals surface area contributed by atoms with Gasteiger partial charge in [-0.3, -0.25) is 14.1 Å². The first kappa shape index (κ1) is 28.2. The molecule has 2 fully saturated rings. The van der Waals surface area contributed by atoms with Gasteiger partial charge in [0, 0.05) is 58.1 Å². The lowest BCUT2D eigenvalue weighted by atomic mass is 10.1. The van der Waals surface area contributed by atoms with Crippen molar-refractivity contribution in [2.45, 2.75) is 33.3 Å². The van der Waals surface area contributed by atoms with Gasteiger partial charge in [-0.15, -0.1) is 0 Å². The van der Waals surface area contributed by atoms with E-state index in [9.17, 15) is 15.2 Å². The Morgan fingerprint density at radius 2 is 1.86 bits per heavy atom. The van der Waals surface area contributed by atoms with Crippen molar-refractivity contribution in [2.24, 2.45) is 0 Å². The third-order valence-corrected chi connectivity index (χ3v) is 9.26. The number of aliphatic hydroxyl groups is 1. The maximum Gasteiger partial charge on any atom is 0.236 e. The Kier molecular flexibility index (Phi) is 7.62. The molecule has 0 radical (unpaired) electrons. The second-order valence-corrected chi connectivity index (χ2v) is 12.2. The number of likely N-dealkylation sites (tertiary alicyclic amines) is 1. The Bertz CT molecular complexity index is 1660. The zero-order valence-corrected chi connectivity index (χ0v) is 25.4. The second-order valence-electron chi connectivity index (χ2n) is 11.2. The molecule has 1 N–H and O–H groups in total. The number of aryl methyl sites for hydroxylation is 3. The first-order chi connectivity index (χ1) is 20.2. The highest BCUT2D eigenvalue weighted by Gasteiger charge is 2.30. The predicted molar refractivity (Wildman–Crippen MR) is 166 cm³/mol. The van der Waals surface area contributed by atoms with Gasteiger partial charge >= 0.3 is 0 Å². The number of thiazole rings is 1. The lowest BCUT2D eigenvalue weighted by molar-refractivity contribution is -0.142. The van der Waals surface area contributed by atoms with Gasteiger partial charge in [0.15, 0.2) is 5.13 Å². The molecule has 0 unspecified atom stereocenters. The number of rotatable bonds is 7. The van der Waals surface area contributed by atoms with Gasteiger partial charge in [0.2, 0.25) is 5.91 Å². The summed E-state index contributed by atoms with van der Waals surface area (Å²) < 4.78 is 2.16. The number of carbonyl (C=O) groups is 1. The van der Waals surface area contributed by atoms with Gasteiger partial charge in [0.05, 0.1) is 24.0 Å². The van der Waals surface area contributed by atoms with Crippen LogP contribution in [0.3, 0.4) is 0 Å². The highest BCUT2D eigenvalue weighted by molar-refractivity contribution is 7.16. The quantitative estimate of drug-likeness (QED) is 0.352. The molecule has 2 aliphatic heterocycles. The Labute approximate surface area is 250 Å². The highest BCUT2D eigenvalue weighted by atomic mass is 32.1. The van der Waals surface area contributed by atoms with Gasteiger partial charge in [-0.2, -0.15) is 5.26 Å². The number of hydrogen-bond donors (Lipinski definition) is 1. The molecule has 0 atom stereocenters. The minimum Gasteiger partial charge on any atom is -0.389 e. The lowest BCUT2D eigenvalue weighted by Gasteiger charge is -2.39. The molecular formula is C31H36N8O2S. The first-order valence-corrected chi connectivity index (χ1v) is 15.2. The third kappa shape index (κ3) is 5.22. The van der Waals surface area contributed by atoms with Crippen LogP contribution in [0, 0.1) is 25.2 Å². The van der Waals surface area contributed by atoms with Crippen molar-refractivity contribution in [3.8, 4) is 17.3 Å². The molecule has 0 spiro atoms. The van der Waals surface area contributed by atoms with Crippen LogP contribution in [0.1, 0.15) is 28.6 Å². The molecule has 0 saturated carbocycles. The highest BCUT2D eigenvalue weighted by Crippen LogP contribution is 2.37. The molecule has 1 amide bonds. The minimum absolute atomic E-state index is 0.0940. The smallest absolute Gasteiger partial charge is 0.236 e. The number of aromatic nitrogens is 3. The summed E-state index contributed by atoms with van der Waals surface area (Å²) in [6.07, 6.45) is 2.55. The van der Waals surface area contributed by atoms with Crippen LogP contribution in [0.2, 0.25) is 0 Å². The van der Waals surface area contributed by atoms with Crippen molar-refractivity contribution in [3.63, 3.8) is 0 Å². The van der Waals surface area contributed by atoms with E-state index in [-0.39, 0.29) is 12.0 Å². The summed E-state index contributed by atoms with van der Waals surface area (Å²) in [5.41, 5.74) is 6.89. The maximum absolute atomic E-state index is 12.5. The van der Waals surface area contributed by atoms with Crippen LogP contribution < -0.4 is 9.80 Å². The topological polar surface area (TPSA) is 104 Å². The van der Waals surface area contributed by atoms with Crippen LogP contribution >= 0.6 is 11.3 Å². The molecule has 0 aliphatic carbocycles. The maximum atomic E-state index is 12.5. The fourth-order valence-corrected chi connectivity index (χ4v) is 6.58. The Morgan fingerprint density at radius 3 is 2.50 bits per heavy atom. The van der Waals surface area contributed by atoms with Crippen molar-refractivity contribution in [3.05, 3.63) is 58.2 Å². The monoisotopic (exact) mass is 584 g/mol. The van der Waals surface area contributed by atoms with Crippen LogP contribution in [0.25, 0.3) is 16.9 Å². The number of pyridine rings is 1. The van der Waals surface area contributed by atoms with Crippen LogP contribution in [-0.2, 0) is 11.2 Å². The summed E-state index contributed by atoms with van der Waals surface area (Å²) in [7, 11) is 2.00. The summed E-state index contributed by atoms with van der Waals surface area (Å²) in [6, 6.07) is 12.7. The Balaban J connectivity index is 1.27. The second kappa shape index (κ2) is 11.4. The van der Waals surface area contributed by atoms with Crippen molar-refractivity contribution >= 4 is 39.5 Å². The molecule has 5 heterocycles. The van der Waals surface area contributed by atoms with E-state index in [1.165, 1.54) is 11.3 Å². The normalized spacial score (nSPS) is 16.1. The molecule has 3 aromatic heterocycles. The first-order valence-electron chi connectivity index (χ1n) is 14.4. The number of β-amino-alcohol motifs (C(OH)–C–C–N with tert-alkyl or cyclic N) is 1. The minimum atomic E-state index is -0.372. The van der Waals surface area contributed by atoms with E-state index in [1.54, 1.807) is 4.90 Å². The average Bonchev–Trinajstić information content (AvgIpc) is 3.58. The Hall–Kier alpha value is -3.98. The summed E-state index contributed by atoms with van der Waals surface area (Å²) >= 11 is 1.39. The van der Waals surface area contributed by atoms with Crippen LogP contribution in [0.5, 0.6) is 0 Å². The van der Waals surface area contributed by atoms with Crippen molar-refractivity contribution in [2.75, 3.05) is 62.7 Å². The van der Waals surface area contributed by atoms with E-state index < -0.39 is 0 Å². The number of piperazine rings is 1. The zero-order valence-electron chi connectivity index (χ0n) is 24.5. The number of imidazole rings is 1. The van der Waals surface area contributed by atoms with Gasteiger partial charge < -0.3 is 19.8 Å². The van der Waals surface area contributed by atoms with Crippen LogP contribution in [0.15, 0.2) is 36.5 Å². The van der Waals surface area contributed by atoms with Gasteiger partial charge in [0.25, 0.3) is 0 Å². The molecular weight excluding hydrogens is 548 g/mol. The number of aliphatic hydroxyl groups excluding tert-OH is 1. The molecule has 10 nitrogen and oxygen atoms in total. The number of nitrogens with zero attached hydrogens (tertiary/aromatic N) is 8. The van der Waals surface area contributed by atoms with E-state index in [4.69, 9.17) is 9.97 Å². The van der Waals surface area contributed by atoms with Crippen molar-refractivity contribution < 1.29 is 9.90 Å². The molecule has 0 bridgehead atoms. The van der Waals surface area contributed by atoms with E-state index >= 15 is 0 Å². The number of nitriles is 1. The summed E-state index contributed by atoms with van der Waals surface area (Å²) in [6.45, 7) is 10.8. The molecule has 2 aliphatic rings. The van der Waals surface area contributed by atoms with E-state index in [0.29, 0.717) is 30.2 Å². The van der Waals surface area contributed by atoms with Gasteiger partial charge in [-0.1, -0.05) is 48.1 Å². The van der Waals surface area contributed by atoms with Gasteiger partial charge in [0.1, 0.15) is 28.1 Å². The molecule has 4 aromatic rings. The van der Waals surface area contributed by atoms with E-state index in [1.807, 2.05) is 38.2 Å². The molecule has 6 rings (SSSR count). The summed E-state index contributed by atoms with van der Waals surface area (Å²) in [5.74, 6) is 1.04. The van der Waals surface area contributed by atoms with Gasteiger partial charge in [-0.25, -0.2) is 9.97 Å². The largest absolute Gasteiger partial charge is 0.389 e. The molecule has 11 heteroatoms. The van der Waals surface area contributed by atoms with Crippen LogP contribution in [-0.4, -0.2) is 94.1 Å². The SMILES string of the molecule is CCc1nc2c(C)cc(N3CCN(CC(=O)N4CC(O)C4)CC3)cn2c1N(C)c1nc(-c2ccc(C)cc2)c(C#N)s1. The number of amides is 1. The number of anilines is 3. The molecule has 1 aromatic carbocycles. The third-order valence-electron chi connectivity index (χ3n) is 8.23. The van der Waals surface area contributed by atoms with Crippen molar-refractivity contribution in [1.29, 1.82) is 5.26 Å². The van der Waals surface area contributed by atoms with E-state index in [0.717, 1.165) is 77.3 Å². The molecule has 42 heavy (non-hydrogen) atoms. The number of fused-ring (bicyclic) bond motifs is 1. The number of benzene rings is 1. The number of hydrogen-bond acceptors (Lipinski definition) is 9. The average molecular weight is 585 g/mol. The standard InChI is InChI=1S/C31H36N8O2S/c1-5-25-30(35(4)31-34-28(26(15-32)42-31)22-8-6-20(2)7-9-22)39-16-23(14-21(3)29(39)33-25)37-12-10-36(11-13-37)19-27(41)38-17-24(40)18-38/h6-9,14,16,24,40H,5,10-13,17-19H2,1-4H3. The van der Waals surface area contributed by atoms with E-state index in [2.05, 4.69) is 51.3 Å². The predicted octanol–water partition coefficient (Wildman–Crippen LogP) is 3.60. The Morgan fingerprint density at radius 1 is 1.14 bits per heavy atom. The van der Waals surface area contributed by atoms with Crippen LogP contribution in [0.4, 0.5) is 16.6 Å². The molecule has 2 saturated heterocycles. The summed E-state index contributed by atoms with van der Waals surface area (Å²) in [5, 5.41) is 20.2. The summed E-state index contributed by atoms with van der Waals surface area (Å²) in [4.78, 5) is 31.4. The van der Waals surface area contributed by atoms with Crippen molar-refractivity contribution in [1.82, 2.24) is 24.2 Å². The van der Waals surface area contributed by atoms with Gasteiger partial charge in [-0.05, 0) is 31.9 Å².